The molecule has 4 rings (SSSR count). The molecule has 0 amide bonds. The molecule has 1 aliphatic heterocycles. The minimum absolute atomic E-state index is 0. The van der Waals surface area contributed by atoms with Crippen molar-refractivity contribution in [3.05, 3.63) is 88.2 Å². The number of halogens is 1. The van der Waals surface area contributed by atoms with Crippen LogP contribution >= 0.6 is 11.8 Å². The van der Waals surface area contributed by atoms with Crippen molar-refractivity contribution >= 4 is 33.5 Å². The minimum Gasteiger partial charge on any atom is -1.00 e. The van der Waals surface area contributed by atoms with Crippen LogP contribution in [0.2, 0.25) is 0 Å². The van der Waals surface area contributed by atoms with Gasteiger partial charge in [0.05, 0.1) is 15.6 Å². The lowest BCUT2D eigenvalue weighted by Crippen LogP contribution is -3.00. The molecule has 5 nitrogen and oxygen atoms in total. The molecule has 0 saturated heterocycles. The molecule has 2 heterocycles. The maximum absolute atomic E-state index is 11.4. The van der Waals surface area contributed by atoms with Crippen LogP contribution in [-0.4, -0.2) is 15.5 Å². The molecule has 1 aliphatic rings. The van der Waals surface area contributed by atoms with Crippen LogP contribution in [0.1, 0.15) is 22.5 Å². The molecule has 0 radical (unpaired) electrons. The van der Waals surface area contributed by atoms with Gasteiger partial charge in [0.1, 0.15) is 0 Å². The molecule has 1 aromatic heterocycles. The molecule has 32 heavy (non-hydrogen) atoms. The van der Waals surface area contributed by atoms with Crippen molar-refractivity contribution in [1.29, 1.82) is 0 Å². The van der Waals surface area contributed by atoms with Crippen molar-refractivity contribution in [1.82, 2.24) is 0 Å². The van der Waals surface area contributed by atoms with Crippen molar-refractivity contribution in [2.75, 3.05) is 11.9 Å². The molecule has 0 spiro atoms. The summed E-state index contributed by atoms with van der Waals surface area (Å²) in [5, 5.41) is 6.39. The lowest BCUT2D eigenvalue weighted by atomic mass is 10.1. The van der Waals surface area contributed by atoms with Crippen molar-refractivity contribution in [3.63, 3.8) is 0 Å². The Morgan fingerprint density at radius 3 is 2.25 bits per heavy atom. The number of aromatic nitrogens is 1. The zero-order chi connectivity index (χ0) is 22.2. The average Bonchev–Trinajstić information content (AvgIpc) is 3.03. The summed E-state index contributed by atoms with van der Waals surface area (Å²) >= 11 is 1.79. The minimum atomic E-state index is -3.65. The molecule has 2 N–H and O–H groups in total. The summed E-state index contributed by atoms with van der Waals surface area (Å²) in [6.45, 7) is 5.07. The maximum atomic E-state index is 11.4. The third kappa shape index (κ3) is 5.36. The van der Waals surface area contributed by atoms with Crippen LogP contribution in [0.4, 0.5) is 5.69 Å². The summed E-state index contributed by atoms with van der Waals surface area (Å²) in [7, 11) is -1.55. The number of aryl methyl sites for hydroxylation is 3. The van der Waals surface area contributed by atoms with Crippen molar-refractivity contribution in [2.24, 2.45) is 5.14 Å². The number of sulfonamides is 1. The fourth-order valence-corrected chi connectivity index (χ4v) is 5.50. The quantitative estimate of drug-likeness (QED) is 0.363. The summed E-state index contributed by atoms with van der Waals surface area (Å²) in [4.78, 5) is 3.66. The van der Waals surface area contributed by atoms with Gasteiger partial charge in [0, 0.05) is 44.3 Å². The monoisotopic (exact) mass is 579 g/mol. The highest BCUT2D eigenvalue weighted by Gasteiger charge is 2.22. The van der Waals surface area contributed by atoms with Crippen LogP contribution in [-0.2, 0) is 23.0 Å². The summed E-state index contributed by atoms with van der Waals surface area (Å²) in [6, 6.07) is 19.7. The van der Waals surface area contributed by atoms with E-state index in [2.05, 4.69) is 72.8 Å². The number of benzene rings is 2. The van der Waals surface area contributed by atoms with Crippen LogP contribution in [0.5, 0.6) is 0 Å². The van der Waals surface area contributed by atoms with Crippen molar-refractivity contribution < 1.29 is 37.0 Å². The molecule has 2 aromatic carbocycles. The zero-order valence-corrected chi connectivity index (χ0v) is 22.0. The Labute approximate surface area is 211 Å². The predicted molar refractivity (Wildman–Crippen MR) is 126 cm³/mol. The van der Waals surface area contributed by atoms with E-state index in [-0.39, 0.29) is 28.9 Å². The number of hydrogen-bond acceptors (Lipinski definition) is 4. The van der Waals surface area contributed by atoms with Crippen molar-refractivity contribution in [2.45, 2.75) is 36.6 Å². The van der Waals surface area contributed by atoms with Gasteiger partial charge >= 0.3 is 0 Å². The SMILES string of the molecule is Cc1cc(/C=C2/Sc3ccccc3N2C)cc(C)[n+]1CCc1ccc(S(N)(=O)=O)cc1.[I-]. The second-order valence-electron chi connectivity index (χ2n) is 7.77. The van der Waals surface area contributed by atoms with Gasteiger partial charge in [-0.25, -0.2) is 13.6 Å². The van der Waals surface area contributed by atoms with Crippen LogP contribution < -0.4 is 38.6 Å². The van der Waals surface area contributed by atoms with E-state index >= 15 is 0 Å². The van der Waals surface area contributed by atoms with Crippen molar-refractivity contribution in [3.8, 4) is 0 Å². The first-order valence-electron chi connectivity index (χ1n) is 10.1. The van der Waals surface area contributed by atoms with Gasteiger partial charge in [-0.2, -0.15) is 4.57 Å². The van der Waals surface area contributed by atoms with Crippen LogP contribution in [0.15, 0.2) is 75.5 Å². The fourth-order valence-electron chi connectivity index (χ4n) is 3.87. The Morgan fingerprint density at radius 1 is 1.03 bits per heavy atom. The van der Waals surface area contributed by atoms with Gasteiger partial charge in [-0.3, -0.25) is 0 Å². The maximum Gasteiger partial charge on any atom is 0.238 e. The van der Waals surface area contributed by atoms with E-state index in [1.54, 1.807) is 23.9 Å². The van der Waals surface area contributed by atoms with E-state index in [9.17, 15) is 8.42 Å². The van der Waals surface area contributed by atoms with Gasteiger partial charge in [0.25, 0.3) is 0 Å². The van der Waals surface area contributed by atoms with Crippen LogP contribution in [0, 0.1) is 13.8 Å². The van der Waals surface area contributed by atoms with Crippen LogP contribution in [0.25, 0.3) is 6.08 Å². The average molecular weight is 580 g/mol. The molecule has 0 bridgehead atoms. The first-order chi connectivity index (χ1) is 14.7. The number of nitrogens with zero attached hydrogens (tertiary/aromatic N) is 2. The summed E-state index contributed by atoms with van der Waals surface area (Å²) in [5.74, 6) is 0. The first-order valence-corrected chi connectivity index (χ1v) is 12.4. The van der Waals surface area contributed by atoms with Gasteiger partial charge in [-0.15, -0.1) is 0 Å². The Hall–Kier alpha value is -1.88. The van der Waals surface area contributed by atoms with Gasteiger partial charge in [0.15, 0.2) is 17.9 Å². The number of anilines is 1. The van der Waals surface area contributed by atoms with E-state index in [4.69, 9.17) is 5.14 Å². The lowest BCUT2D eigenvalue weighted by Gasteiger charge is -2.13. The number of pyridine rings is 1. The number of fused-ring (bicyclic) bond motifs is 1. The Kier molecular flexibility index (Phi) is 7.69. The van der Waals surface area contributed by atoms with E-state index < -0.39 is 10.0 Å². The largest absolute Gasteiger partial charge is 1.00 e. The number of para-hydroxylation sites is 1. The van der Waals surface area contributed by atoms with Gasteiger partial charge in [-0.1, -0.05) is 36.0 Å². The highest BCUT2D eigenvalue weighted by Crippen LogP contribution is 2.45. The molecule has 0 saturated carbocycles. The summed E-state index contributed by atoms with van der Waals surface area (Å²) in [6.07, 6.45) is 3.05. The highest BCUT2D eigenvalue weighted by atomic mass is 127. The summed E-state index contributed by atoms with van der Waals surface area (Å²) < 4.78 is 25.1. The molecule has 0 fully saturated rings. The molecular weight excluding hydrogens is 553 g/mol. The van der Waals surface area contributed by atoms with Crippen LogP contribution in [0.3, 0.4) is 0 Å². The van der Waals surface area contributed by atoms with E-state index in [1.807, 2.05) is 12.1 Å². The highest BCUT2D eigenvalue weighted by molar-refractivity contribution is 8.03. The Morgan fingerprint density at radius 2 is 1.66 bits per heavy atom. The second kappa shape index (κ2) is 9.94. The van der Waals surface area contributed by atoms with Gasteiger partial charge in [-0.05, 0) is 41.5 Å². The standard InChI is InChI=1S/C24H26N3O2S2.HI/c1-17-14-20(16-24-26(3)22-6-4-5-7-23(22)30-24)15-18(2)27(17)13-12-19-8-10-21(11-9-19)31(25,28)29;/h4-11,14-16H,12-13H2,1-3H3,(H2,25,28,29);1H/q+1;/p-1. The third-order valence-corrected chi connectivity index (χ3v) is 7.64. The predicted octanol–water partition coefficient (Wildman–Crippen LogP) is 1.03. The lowest BCUT2D eigenvalue weighted by molar-refractivity contribution is -0.708. The first kappa shape index (κ1) is 24.8. The summed E-state index contributed by atoms with van der Waals surface area (Å²) in [5.41, 5.74) is 5.89. The molecule has 0 unspecified atom stereocenters. The normalized spacial score (nSPS) is 14.4. The number of nitrogens with two attached hydrogens (primary N) is 1. The number of rotatable bonds is 5. The van der Waals surface area contributed by atoms with E-state index in [0.717, 1.165) is 18.5 Å². The number of hydrogen-bond donors (Lipinski definition) is 1. The topological polar surface area (TPSA) is 67.3 Å². The van der Waals surface area contributed by atoms with E-state index in [1.165, 1.54) is 32.6 Å². The molecule has 3 aromatic rings. The molecule has 168 valence electrons. The van der Waals surface area contributed by atoms with Gasteiger partial charge < -0.3 is 28.9 Å². The number of thioether (sulfide) groups is 1. The molecule has 8 heteroatoms. The molecule has 0 aliphatic carbocycles. The second-order valence-corrected chi connectivity index (χ2v) is 10.4. The zero-order valence-electron chi connectivity index (χ0n) is 18.2. The molecular formula is C24H26IN3O2S2. The Balaban J connectivity index is 0.00000289. The third-order valence-electron chi connectivity index (χ3n) is 5.54. The molecule has 0 atom stereocenters. The smallest absolute Gasteiger partial charge is 0.238 e. The Bertz CT molecular complexity index is 1250. The van der Waals surface area contributed by atoms with E-state index in [0.29, 0.717) is 0 Å². The fraction of sp³-hybridized carbons (Fsp3) is 0.208. The van der Waals surface area contributed by atoms with Gasteiger partial charge in [0.2, 0.25) is 10.0 Å². The number of primary sulfonamides is 1.